The second kappa shape index (κ2) is 5.80. The zero-order valence-electron chi connectivity index (χ0n) is 10.4. The van der Waals surface area contributed by atoms with Gasteiger partial charge in [-0.25, -0.2) is 0 Å². The molecule has 1 rings (SSSR count). The van der Waals surface area contributed by atoms with E-state index >= 15 is 0 Å². The van der Waals surface area contributed by atoms with Crippen molar-refractivity contribution < 1.29 is 14.3 Å². The van der Waals surface area contributed by atoms with E-state index in [1.807, 2.05) is 0 Å². The fraction of sp³-hybridized carbons (Fsp3) is 0.571. The molecule has 0 amide bonds. The maximum absolute atomic E-state index is 12.3. The van der Waals surface area contributed by atoms with Crippen LogP contribution < -0.4 is 0 Å². The highest BCUT2D eigenvalue weighted by atomic mass is 16.5. The number of carbonyl (C=O) groups is 2. The molecule has 0 heterocycles. The van der Waals surface area contributed by atoms with Gasteiger partial charge in [0.25, 0.3) is 0 Å². The summed E-state index contributed by atoms with van der Waals surface area (Å²) in [5.41, 5.74) is -0.981. The molecule has 0 spiro atoms. The second-order valence-corrected chi connectivity index (χ2v) is 4.42. The van der Waals surface area contributed by atoms with E-state index in [1.54, 1.807) is 19.1 Å². The second-order valence-electron chi connectivity index (χ2n) is 4.42. The predicted molar refractivity (Wildman–Crippen MR) is 66.4 cm³/mol. The number of carbonyl (C=O) groups excluding carboxylic acids is 2. The summed E-state index contributed by atoms with van der Waals surface area (Å²) in [6.07, 6.45) is 5.67. The van der Waals surface area contributed by atoms with Crippen LogP contribution in [0.15, 0.2) is 25.3 Å². The Labute approximate surface area is 103 Å². The zero-order valence-corrected chi connectivity index (χ0v) is 10.4. The maximum Gasteiger partial charge on any atom is 0.319 e. The van der Waals surface area contributed by atoms with Crippen LogP contribution in [0.3, 0.4) is 0 Å². The first-order valence-corrected chi connectivity index (χ1v) is 6.05. The van der Waals surface area contributed by atoms with Crippen molar-refractivity contribution in [3.63, 3.8) is 0 Å². The molecule has 0 aromatic heterocycles. The van der Waals surface area contributed by atoms with Gasteiger partial charge in [-0.1, -0.05) is 12.2 Å². The van der Waals surface area contributed by atoms with E-state index in [2.05, 4.69) is 13.2 Å². The molecule has 0 aliphatic heterocycles. The number of ketones is 1. The normalized spacial score (nSPS) is 27.8. The molecule has 0 bridgehead atoms. The molecule has 1 fully saturated rings. The van der Waals surface area contributed by atoms with Crippen LogP contribution in [0.1, 0.15) is 32.6 Å². The summed E-state index contributed by atoms with van der Waals surface area (Å²) in [4.78, 5) is 24.3. The smallest absolute Gasteiger partial charge is 0.319 e. The third-order valence-electron chi connectivity index (χ3n) is 3.37. The first kappa shape index (κ1) is 13.7. The van der Waals surface area contributed by atoms with Crippen molar-refractivity contribution in [3.8, 4) is 0 Å². The standard InChI is InChI=1S/C14H20O3/c1-4-7-11-8-10-14(9-5-2,12(11)15)13(16)17-6-3/h4-5,11H,1-2,6-10H2,3H3. The molecule has 2 atom stereocenters. The van der Waals surface area contributed by atoms with Crippen molar-refractivity contribution in [2.75, 3.05) is 6.61 Å². The molecular formula is C14H20O3. The van der Waals surface area contributed by atoms with Crippen molar-refractivity contribution in [1.82, 2.24) is 0 Å². The average molecular weight is 236 g/mol. The van der Waals surface area contributed by atoms with Crippen molar-refractivity contribution in [1.29, 1.82) is 0 Å². The molecule has 0 N–H and O–H groups in total. The summed E-state index contributed by atoms with van der Waals surface area (Å²) in [6.45, 7) is 9.33. The van der Waals surface area contributed by atoms with Crippen LogP contribution in [0.4, 0.5) is 0 Å². The lowest BCUT2D eigenvalue weighted by Gasteiger charge is -2.24. The van der Waals surface area contributed by atoms with Gasteiger partial charge in [-0.3, -0.25) is 9.59 Å². The minimum Gasteiger partial charge on any atom is -0.465 e. The molecule has 3 nitrogen and oxygen atoms in total. The zero-order chi connectivity index (χ0) is 12.9. The van der Waals surface area contributed by atoms with Gasteiger partial charge in [0.2, 0.25) is 0 Å². The summed E-state index contributed by atoms with van der Waals surface area (Å²) < 4.78 is 5.05. The van der Waals surface area contributed by atoms with E-state index in [0.29, 0.717) is 25.9 Å². The molecule has 17 heavy (non-hydrogen) atoms. The number of hydrogen-bond donors (Lipinski definition) is 0. The van der Waals surface area contributed by atoms with Gasteiger partial charge in [-0.05, 0) is 32.6 Å². The van der Waals surface area contributed by atoms with Crippen LogP contribution in [0.5, 0.6) is 0 Å². The van der Waals surface area contributed by atoms with Gasteiger partial charge in [-0.15, -0.1) is 13.2 Å². The van der Waals surface area contributed by atoms with E-state index in [4.69, 9.17) is 4.74 Å². The van der Waals surface area contributed by atoms with E-state index < -0.39 is 11.4 Å². The number of Topliss-reactive ketones (excluding diaryl/α,β-unsaturated/α-hetero) is 1. The third-order valence-corrected chi connectivity index (χ3v) is 3.37. The Kier molecular flexibility index (Phi) is 4.67. The summed E-state index contributed by atoms with van der Waals surface area (Å²) >= 11 is 0. The predicted octanol–water partition coefficient (Wildman–Crippen LogP) is 2.67. The highest BCUT2D eigenvalue weighted by Crippen LogP contribution is 2.43. The maximum atomic E-state index is 12.3. The lowest BCUT2D eigenvalue weighted by Crippen LogP contribution is -2.38. The Hall–Kier alpha value is -1.38. The molecule has 3 heteroatoms. The Morgan fingerprint density at radius 3 is 2.76 bits per heavy atom. The third kappa shape index (κ3) is 2.48. The van der Waals surface area contributed by atoms with Crippen LogP contribution in [-0.4, -0.2) is 18.4 Å². The highest BCUT2D eigenvalue weighted by Gasteiger charge is 2.52. The quantitative estimate of drug-likeness (QED) is 0.404. The summed E-state index contributed by atoms with van der Waals surface area (Å²) in [5, 5.41) is 0. The fourth-order valence-electron chi connectivity index (χ4n) is 2.50. The van der Waals surface area contributed by atoms with E-state index in [1.165, 1.54) is 0 Å². The first-order valence-electron chi connectivity index (χ1n) is 6.05. The fourth-order valence-corrected chi connectivity index (χ4v) is 2.50. The Bertz CT molecular complexity index is 332. The van der Waals surface area contributed by atoms with Crippen molar-refractivity contribution >= 4 is 11.8 Å². The topological polar surface area (TPSA) is 43.4 Å². The number of allylic oxidation sites excluding steroid dienone is 2. The Balaban J connectivity index is 2.93. The van der Waals surface area contributed by atoms with Crippen LogP contribution in [0.2, 0.25) is 0 Å². The summed E-state index contributed by atoms with van der Waals surface area (Å²) in [6, 6.07) is 0. The summed E-state index contributed by atoms with van der Waals surface area (Å²) in [5.74, 6) is -0.482. The number of esters is 1. The number of hydrogen-bond acceptors (Lipinski definition) is 3. The molecular weight excluding hydrogens is 216 g/mol. The molecule has 0 radical (unpaired) electrons. The molecule has 94 valence electrons. The Morgan fingerprint density at radius 2 is 2.24 bits per heavy atom. The SMILES string of the molecule is C=CCC1CCC(CC=C)(C(=O)OCC)C1=O. The largest absolute Gasteiger partial charge is 0.465 e. The monoisotopic (exact) mass is 236 g/mol. The van der Waals surface area contributed by atoms with Gasteiger partial charge in [0.1, 0.15) is 5.41 Å². The van der Waals surface area contributed by atoms with Crippen LogP contribution >= 0.6 is 0 Å². The minimum absolute atomic E-state index is 0.00394. The molecule has 0 aromatic rings. The van der Waals surface area contributed by atoms with E-state index in [-0.39, 0.29) is 11.7 Å². The van der Waals surface area contributed by atoms with Gasteiger partial charge in [0.15, 0.2) is 5.78 Å². The van der Waals surface area contributed by atoms with E-state index in [9.17, 15) is 9.59 Å². The lowest BCUT2D eigenvalue weighted by atomic mass is 9.80. The van der Waals surface area contributed by atoms with Gasteiger partial charge in [-0.2, -0.15) is 0 Å². The first-order chi connectivity index (χ1) is 8.12. The van der Waals surface area contributed by atoms with Crippen LogP contribution in [0, 0.1) is 11.3 Å². The van der Waals surface area contributed by atoms with Crippen molar-refractivity contribution in [2.24, 2.45) is 11.3 Å². The highest BCUT2D eigenvalue weighted by molar-refractivity contribution is 6.06. The van der Waals surface area contributed by atoms with Crippen LogP contribution in [-0.2, 0) is 14.3 Å². The van der Waals surface area contributed by atoms with Crippen molar-refractivity contribution in [3.05, 3.63) is 25.3 Å². The number of rotatable bonds is 6. The molecule has 1 aliphatic rings. The number of ether oxygens (including phenoxy) is 1. The molecule has 0 saturated heterocycles. The van der Waals surface area contributed by atoms with Crippen molar-refractivity contribution in [2.45, 2.75) is 32.6 Å². The molecule has 1 aliphatic carbocycles. The molecule has 1 saturated carbocycles. The Morgan fingerprint density at radius 1 is 1.53 bits per heavy atom. The minimum atomic E-state index is -0.981. The molecule has 0 aromatic carbocycles. The van der Waals surface area contributed by atoms with Gasteiger partial charge < -0.3 is 4.74 Å². The lowest BCUT2D eigenvalue weighted by molar-refractivity contribution is -0.159. The van der Waals surface area contributed by atoms with Gasteiger partial charge >= 0.3 is 5.97 Å². The average Bonchev–Trinajstić information content (AvgIpc) is 2.61. The van der Waals surface area contributed by atoms with E-state index in [0.717, 1.165) is 6.42 Å². The molecule has 2 unspecified atom stereocenters. The summed E-state index contributed by atoms with van der Waals surface area (Å²) in [7, 11) is 0. The van der Waals surface area contributed by atoms with Gasteiger partial charge in [0.05, 0.1) is 6.61 Å². The van der Waals surface area contributed by atoms with Crippen LogP contribution in [0.25, 0.3) is 0 Å². The van der Waals surface area contributed by atoms with Gasteiger partial charge in [0, 0.05) is 5.92 Å².